The monoisotopic (exact) mass is 210 g/mol. The molecule has 0 amide bonds. The van der Waals surface area contributed by atoms with Gasteiger partial charge < -0.3 is 4.74 Å². The summed E-state index contributed by atoms with van der Waals surface area (Å²) in [6.07, 6.45) is 1.53. The highest BCUT2D eigenvalue weighted by Gasteiger charge is 2.20. The van der Waals surface area contributed by atoms with E-state index >= 15 is 0 Å². The minimum atomic E-state index is -0.303. The molecular weight excluding hydrogens is 196 g/mol. The van der Waals surface area contributed by atoms with Crippen LogP contribution in [0, 0.1) is 0 Å². The van der Waals surface area contributed by atoms with Crippen LogP contribution in [-0.4, -0.2) is 15.7 Å². The number of fused-ring (bicyclic) bond motifs is 1. The lowest BCUT2D eigenvalue weighted by Crippen LogP contribution is -2.42. The van der Waals surface area contributed by atoms with Crippen LogP contribution in [0.1, 0.15) is 18.9 Å². The molecule has 0 atom stereocenters. The van der Waals surface area contributed by atoms with E-state index in [2.05, 4.69) is 0 Å². The summed E-state index contributed by atoms with van der Waals surface area (Å²) in [6.45, 7) is 2.77. The Labute approximate surface area is 86.9 Å². The number of aromatic nitrogens is 2. The third kappa shape index (κ3) is 1.38. The van der Waals surface area contributed by atoms with E-state index in [-0.39, 0.29) is 11.2 Å². The van der Waals surface area contributed by atoms with Crippen molar-refractivity contribution < 1.29 is 4.74 Å². The maximum atomic E-state index is 11.9. The third-order valence-corrected chi connectivity index (χ3v) is 2.71. The van der Waals surface area contributed by atoms with Crippen LogP contribution in [0.4, 0.5) is 0 Å². The average Bonchev–Trinajstić information content (AvgIpc) is 2.27. The summed E-state index contributed by atoms with van der Waals surface area (Å²) in [5, 5.41) is 0. The number of hydrogen-bond donors (Lipinski definition) is 0. The molecule has 1 aliphatic heterocycles. The maximum absolute atomic E-state index is 11.9. The summed E-state index contributed by atoms with van der Waals surface area (Å²) in [5.41, 5.74) is 0.128. The summed E-state index contributed by atoms with van der Waals surface area (Å²) in [7, 11) is 1.64. The zero-order chi connectivity index (χ0) is 11.0. The van der Waals surface area contributed by atoms with Crippen molar-refractivity contribution >= 4 is 0 Å². The van der Waals surface area contributed by atoms with Crippen LogP contribution in [0.2, 0.25) is 0 Å². The molecule has 0 bridgehead atoms. The third-order valence-electron chi connectivity index (χ3n) is 2.71. The van der Waals surface area contributed by atoms with Crippen molar-refractivity contribution in [1.82, 2.24) is 9.13 Å². The summed E-state index contributed by atoms with van der Waals surface area (Å²) in [4.78, 5) is 23.6. The standard InChI is InChI=1S/C10H14N2O3/c1-3-12-8(13)7-5-4-6-15-9(7)11(2)10(12)14/h3-6H2,1-2H3. The first-order valence-electron chi connectivity index (χ1n) is 5.12. The van der Waals surface area contributed by atoms with Crippen molar-refractivity contribution in [2.24, 2.45) is 7.05 Å². The van der Waals surface area contributed by atoms with Gasteiger partial charge in [0.2, 0.25) is 5.88 Å². The highest BCUT2D eigenvalue weighted by atomic mass is 16.5. The van der Waals surface area contributed by atoms with E-state index in [1.54, 1.807) is 14.0 Å². The zero-order valence-electron chi connectivity index (χ0n) is 8.95. The second-order valence-corrected chi connectivity index (χ2v) is 3.63. The molecule has 0 spiro atoms. The molecule has 0 aliphatic carbocycles. The lowest BCUT2D eigenvalue weighted by Gasteiger charge is -2.20. The molecule has 5 nitrogen and oxygen atoms in total. The minimum absolute atomic E-state index is 0.199. The molecule has 0 fully saturated rings. The first-order chi connectivity index (χ1) is 7.16. The molecule has 2 heterocycles. The minimum Gasteiger partial charge on any atom is -0.478 e. The molecule has 2 rings (SSSR count). The number of hydrogen-bond acceptors (Lipinski definition) is 3. The van der Waals surface area contributed by atoms with E-state index < -0.39 is 0 Å². The molecule has 0 saturated heterocycles. The molecular formula is C10H14N2O3. The van der Waals surface area contributed by atoms with Gasteiger partial charge in [-0.25, -0.2) is 4.79 Å². The Morgan fingerprint density at radius 2 is 2.13 bits per heavy atom. The fourth-order valence-electron chi connectivity index (χ4n) is 1.91. The predicted molar refractivity (Wildman–Crippen MR) is 55.4 cm³/mol. The lowest BCUT2D eigenvalue weighted by molar-refractivity contribution is 0.256. The van der Waals surface area contributed by atoms with E-state index in [1.165, 1.54) is 9.13 Å². The van der Waals surface area contributed by atoms with Gasteiger partial charge in [-0.3, -0.25) is 13.9 Å². The van der Waals surface area contributed by atoms with Crippen LogP contribution < -0.4 is 16.0 Å². The molecule has 1 aliphatic rings. The van der Waals surface area contributed by atoms with Gasteiger partial charge in [-0.2, -0.15) is 0 Å². The molecule has 15 heavy (non-hydrogen) atoms. The van der Waals surface area contributed by atoms with Crippen LogP contribution in [0.15, 0.2) is 9.59 Å². The Balaban J connectivity index is 2.81. The van der Waals surface area contributed by atoms with Gasteiger partial charge in [-0.05, 0) is 19.8 Å². The van der Waals surface area contributed by atoms with Gasteiger partial charge in [0.15, 0.2) is 0 Å². The van der Waals surface area contributed by atoms with E-state index in [0.29, 0.717) is 31.0 Å². The number of ether oxygens (including phenoxy) is 1. The molecule has 0 radical (unpaired) electrons. The SMILES string of the molecule is CCn1c(=O)c2c(n(C)c1=O)OCCC2. The summed E-state index contributed by atoms with van der Waals surface area (Å²) >= 11 is 0. The molecule has 1 aromatic heterocycles. The van der Waals surface area contributed by atoms with E-state index in [4.69, 9.17) is 4.74 Å². The zero-order valence-corrected chi connectivity index (χ0v) is 8.95. The van der Waals surface area contributed by atoms with Gasteiger partial charge in [0.25, 0.3) is 5.56 Å². The first kappa shape index (κ1) is 10.0. The van der Waals surface area contributed by atoms with Crippen molar-refractivity contribution in [3.63, 3.8) is 0 Å². The highest BCUT2D eigenvalue weighted by Crippen LogP contribution is 2.18. The number of nitrogens with zero attached hydrogens (tertiary/aromatic N) is 2. The maximum Gasteiger partial charge on any atom is 0.333 e. The van der Waals surface area contributed by atoms with E-state index in [1.807, 2.05) is 0 Å². The number of rotatable bonds is 1. The van der Waals surface area contributed by atoms with Crippen LogP contribution in [0.5, 0.6) is 5.88 Å². The molecule has 82 valence electrons. The van der Waals surface area contributed by atoms with Gasteiger partial charge in [-0.1, -0.05) is 0 Å². The van der Waals surface area contributed by atoms with Crippen LogP contribution in [0.25, 0.3) is 0 Å². The smallest absolute Gasteiger partial charge is 0.333 e. The second kappa shape index (κ2) is 3.56. The first-order valence-corrected chi connectivity index (χ1v) is 5.12. The molecule has 0 saturated carbocycles. The Hall–Kier alpha value is -1.52. The Morgan fingerprint density at radius 1 is 1.40 bits per heavy atom. The summed E-state index contributed by atoms with van der Waals surface area (Å²) in [6, 6.07) is 0. The van der Waals surface area contributed by atoms with Crippen molar-refractivity contribution in [2.45, 2.75) is 26.3 Å². The fourth-order valence-corrected chi connectivity index (χ4v) is 1.91. The van der Waals surface area contributed by atoms with E-state index in [0.717, 1.165) is 6.42 Å². The summed E-state index contributed by atoms with van der Waals surface area (Å²) in [5.74, 6) is 0.445. The van der Waals surface area contributed by atoms with E-state index in [9.17, 15) is 9.59 Å². The van der Waals surface area contributed by atoms with Crippen LogP contribution in [0.3, 0.4) is 0 Å². The quantitative estimate of drug-likeness (QED) is 0.650. The molecule has 0 N–H and O–H groups in total. The Morgan fingerprint density at radius 3 is 2.80 bits per heavy atom. The van der Waals surface area contributed by atoms with Gasteiger partial charge in [0.05, 0.1) is 12.2 Å². The fraction of sp³-hybridized carbons (Fsp3) is 0.600. The topological polar surface area (TPSA) is 53.2 Å². The summed E-state index contributed by atoms with van der Waals surface area (Å²) < 4.78 is 8.02. The normalized spacial score (nSPS) is 14.5. The van der Waals surface area contributed by atoms with Crippen LogP contribution in [-0.2, 0) is 20.0 Å². The van der Waals surface area contributed by atoms with Gasteiger partial charge in [0, 0.05) is 13.6 Å². The molecule has 0 unspecified atom stereocenters. The molecule has 0 aromatic carbocycles. The van der Waals surface area contributed by atoms with Gasteiger partial charge in [0.1, 0.15) is 0 Å². The van der Waals surface area contributed by atoms with Gasteiger partial charge in [-0.15, -0.1) is 0 Å². The second-order valence-electron chi connectivity index (χ2n) is 3.63. The largest absolute Gasteiger partial charge is 0.478 e. The van der Waals surface area contributed by atoms with Gasteiger partial charge >= 0.3 is 5.69 Å². The Kier molecular flexibility index (Phi) is 2.38. The highest BCUT2D eigenvalue weighted by molar-refractivity contribution is 5.26. The van der Waals surface area contributed by atoms with Crippen LogP contribution >= 0.6 is 0 Å². The van der Waals surface area contributed by atoms with Crippen molar-refractivity contribution in [2.75, 3.05) is 6.61 Å². The Bertz CT molecular complexity index is 499. The van der Waals surface area contributed by atoms with Crippen molar-refractivity contribution in [3.05, 3.63) is 26.4 Å². The predicted octanol–water partition coefficient (Wildman–Crippen LogP) is -0.108. The van der Waals surface area contributed by atoms with Crippen molar-refractivity contribution in [3.8, 4) is 5.88 Å². The molecule has 1 aromatic rings. The van der Waals surface area contributed by atoms with Crippen molar-refractivity contribution in [1.29, 1.82) is 0 Å². The lowest BCUT2D eigenvalue weighted by atomic mass is 10.1. The molecule has 5 heteroatoms. The average molecular weight is 210 g/mol.